The number of carbonyl (C=O) groups is 6. The van der Waals surface area contributed by atoms with Gasteiger partial charge in [-0.2, -0.15) is 0 Å². The first-order valence-corrected chi connectivity index (χ1v) is 11.1. The highest BCUT2D eigenvalue weighted by Gasteiger charge is 2.38. The minimum Gasteiger partial charge on any atom is -0.481 e. The molecule has 1 rings (SSSR count). The normalized spacial score (nSPS) is 17.9. The Morgan fingerprint density at radius 2 is 1.68 bits per heavy atom. The van der Waals surface area contributed by atoms with Crippen molar-refractivity contribution in [1.82, 2.24) is 15.5 Å². The number of carboxylic acids is 2. The molecule has 34 heavy (non-hydrogen) atoms. The summed E-state index contributed by atoms with van der Waals surface area (Å²) < 4.78 is 0. The van der Waals surface area contributed by atoms with E-state index in [2.05, 4.69) is 10.6 Å². The van der Waals surface area contributed by atoms with E-state index in [4.69, 9.17) is 22.3 Å². The van der Waals surface area contributed by atoms with E-state index in [1.807, 2.05) is 0 Å². The highest BCUT2D eigenvalue weighted by atomic mass is 16.4. The van der Waals surface area contributed by atoms with Crippen LogP contribution >= 0.6 is 0 Å². The molecule has 14 nitrogen and oxygen atoms in total. The molecule has 0 aliphatic carbocycles. The van der Waals surface area contributed by atoms with Gasteiger partial charge >= 0.3 is 11.9 Å². The molecule has 0 aromatic carbocycles. The van der Waals surface area contributed by atoms with Gasteiger partial charge in [-0.25, -0.2) is 4.79 Å². The summed E-state index contributed by atoms with van der Waals surface area (Å²) >= 11 is 0. The van der Waals surface area contributed by atoms with Gasteiger partial charge in [0.25, 0.3) is 0 Å². The van der Waals surface area contributed by atoms with Gasteiger partial charge < -0.3 is 42.9 Å². The second-order valence-corrected chi connectivity index (χ2v) is 8.14. The number of carboxylic acid groups (broad SMARTS) is 2. The van der Waals surface area contributed by atoms with E-state index < -0.39 is 72.6 Å². The molecule has 4 atom stereocenters. The van der Waals surface area contributed by atoms with Crippen molar-refractivity contribution in [1.29, 1.82) is 0 Å². The highest BCUT2D eigenvalue weighted by Crippen LogP contribution is 2.19. The Labute approximate surface area is 196 Å². The number of primary amides is 1. The standard InChI is InChI=1S/C20H34N6O8/c21-8-2-1-4-13(20(33)34)25-17(30)12(6-7-16(28)29)24-18(31)14-5-3-9-26(14)19(32)11(22)10-15(23)27/h11-14H,1-10,21-22H2,(H2,23,27)(H,24,31)(H,25,30)(H,28,29)(H,33,34). The molecule has 0 saturated carbocycles. The molecular formula is C20H34N6O8. The molecule has 4 amide bonds. The van der Waals surface area contributed by atoms with Gasteiger partial charge in [-0.3, -0.25) is 24.0 Å². The van der Waals surface area contributed by atoms with Gasteiger partial charge in [-0.05, 0) is 45.1 Å². The van der Waals surface area contributed by atoms with Gasteiger partial charge in [0.2, 0.25) is 23.6 Å². The summed E-state index contributed by atoms with van der Waals surface area (Å²) in [7, 11) is 0. The maximum atomic E-state index is 12.9. The van der Waals surface area contributed by atoms with Crippen LogP contribution < -0.4 is 27.8 Å². The summed E-state index contributed by atoms with van der Waals surface area (Å²) in [6, 6.07) is -4.77. The van der Waals surface area contributed by atoms with Crippen LogP contribution in [0.25, 0.3) is 0 Å². The fourth-order valence-corrected chi connectivity index (χ4v) is 3.65. The van der Waals surface area contributed by atoms with Gasteiger partial charge in [0.15, 0.2) is 0 Å². The third-order valence-corrected chi connectivity index (χ3v) is 5.42. The van der Waals surface area contributed by atoms with Gasteiger partial charge in [0.05, 0.1) is 12.5 Å². The predicted octanol–water partition coefficient (Wildman–Crippen LogP) is -2.77. The number of carbonyl (C=O) groups excluding carboxylic acids is 4. The lowest BCUT2D eigenvalue weighted by Crippen LogP contribution is -2.56. The monoisotopic (exact) mass is 486 g/mol. The van der Waals surface area contributed by atoms with Crippen molar-refractivity contribution >= 4 is 35.6 Å². The Balaban J connectivity index is 2.92. The van der Waals surface area contributed by atoms with Crippen LogP contribution in [-0.4, -0.2) is 87.9 Å². The van der Waals surface area contributed by atoms with Gasteiger partial charge in [0, 0.05) is 13.0 Å². The number of nitrogens with one attached hydrogen (secondary N) is 2. The van der Waals surface area contributed by atoms with Crippen molar-refractivity contribution in [2.75, 3.05) is 13.1 Å². The largest absolute Gasteiger partial charge is 0.481 e. The number of likely N-dealkylation sites (tertiary alicyclic amines) is 1. The van der Waals surface area contributed by atoms with E-state index in [9.17, 15) is 33.9 Å². The zero-order valence-corrected chi connectivity index (χ0v) is 18.9. The van der Waals surface area contributed by atoms with Crippen LogP contribution in [0, 0.1) is 0 Å². The average Bonchev–Trinajstić information content (AvgIpc) is 3.24. The highest BCUT2D eigenvalue weighted by molar-refractivity contribution is 5.95. The molecular weight excluding hydrogens is 452 g/mol. The van der Waals surface area contributed by atoms with E-state index in [1.54, 1.807) is 0 Å². The SMILES string of the molecule is NCCCCC(NC(=O)C(CCC(=O)O)NC(=O)C1CCCN1C(=O)C(N)CC(N)=O)C(=O)O. The Hall–Kier alpha value is -3.26. The smallest absolute Gasteiger partial charge is 0.326 e. The molecule has 14 heteroatoms. The molecule has 1 aliphatic heterocycles. The summed E-state index contributed by atoms with van der Waals surface area (Å²) in [6.45, 7) is 0.564. The van der Waals surface area contributed by atoms with E-state index in [1.165, 1.54) is 4.90 Å². The fraction of sp³-hybridized carbons (Fsp3) is 0.700. The molecule has 192 valence electrons. The number of hydrogen-bond acceptors (Lipinski definition) is 8. The third kappa shape index (κ3) is 9.31. The van der Waals surface area contributed by atoms with Crippen LogP contribution in [0.4, 0.5) is 0 Å². The second kappa shape index (κ2) is 14.1. The summed E-state index contributed by atoms with van der Waals surface area (Å²) in [5.41, 5.74) is 16.2. The molecule has 0 aromatic heterocycles. The Morgan fingerprint density at radius 1 is 1.00 bits per heavy atom. The number of amides is 4. The first kappa shape index (κ1) is 28.8. The molecule has 0 aromatic rings. The fourth-order valence-electron chi connectivity index (χ4n) is 3.65. The number of aliphatic carboxylic acids is 2. The maximum Gasteiger partial charge on any atom is 0.326 e. The third-order valence-electron chi connectivity index (χ3n) is 5.42. The number of unbranched alkanes of at least 4 members (excludes halogenated alkanes) is 1. The van der Waals surface area contributed by atoms with Crippen LogP contribution in [0.3, 0.4) is 0 Å². The van der Waals surface area contributed by atoms with Crippen molar-refractivity contribution < 1.29 is 39.0 Å². The zero-order valence-electron chi connectivity index (χ0n) is 18.9. The van der Waals surface area contributed by atoms with Crippen LogP contribution in [0.15, 0.2) is 0 Å². The molecule has 1 heterocycles. The molecule has 4 unspecified atom stereocenters. The minimum atomic E-state index is -1.34. The Bertz CT molecular complexity index is 776. The molecule has 0 spiro atoms. The number of nitrogens with zero attached hydrogens (tertiary/aromatic N) is 1. The zero-order chi connectivity index (χ0) is 25.8. The van der Waals surface area contributed by atoms with Crippen molar-refractivity contribution in [2.24, 2.45) is 17.2 Å². The molecule has 0 radical (unpaired) electrons. The van der Waals surface area contributed by atoms with Crippen molar-refractivity contribution in [3.8, 4) is 0 Å². The minimum absolute atomic E-state index is 0.112. The van der Waals surface area contributed by atoms with E-state index in [0.29, 0.717) is 25.8 Å². The maximum absolute atomic E-state index is 12.9. The summed E-state index contributed by atoms with van der Waals surface area (Å²) in [4.78, 5) is 73.0. The topological polar surface area (TPSA) is 248 Å². The molecule has 1 fully saturated rings. The van der Waals surface area contributed by atoms with Crippen molar-refractivity contribution in [3.05, 3.63) is 0 Å². The number of rotatable bonds is 15. The summed E-state index contributed by atoms with van der Waals surface area (Å²) in [5.74, 6) is -5.46. The van der Waals surface area contributed by atoms with Crippen LogP contribution in [-0.2, 0) is 28.8 Å². The molecule has 0 bridgehead atoms. The van der Waals surface area contributed by atoms with Gasteiger partial charge in [0.1, 0.15) is 18.1 Å². The van der Waals surface area contributed by atoms with E-state index in [0.717, 1.165) is 0 Å². The predicted molar refractivity (Wildman–Crippen MR) is 118 cm³/mol. The van der Waals surface area contributed by atoms with Gasteiger partial charge in [-0.15, -0.1) is 0 Å². The number of hydrogen-bond donors (Lipinski definition) is 7. The van der Waals surface area contributed by atoms with E-state index in [-0.39, 0.29) is 25.8 Å². The quantitative estimate of drug-likeness (QED) is 0.117. The van der Waals surface area contributed by atoms with Crippen LogP contribution in [0.1, 0.15) is 51.4 Å². The van der Waals surface area contributed by atoms with Gasteiger partial charge in [-0.1, -0.05) is 0 Å². The number of nitrogens with two attached hydrogens (primary N) is 3. The average molecular weight is 487 g/mol. The van der Waals surface area contributed by atoms with Crippen molar-refractivity contribution in [3.63, 3.8) is 0 Å². The van der Waals surface area contributed by atoms with Crippen LogP contribution in [0.5, 0.6) is 0 Å². The molecule has 1 saturated heterocycles. The first-order valence-electron chi connectivity index (χ1n) is 11.1. The lowest BCUT2D eigenvalue weighted by atomic mass is 10.1. The Kier molecular flexibility index (Phi) is 11.9. The Morgan fingerprint density at radius 3 is 2.24 bits per heavy atom. The molecule has 1 aliphatic rings. The van der Waals surface area contributed by atoms with Crippen molar-refractivity contribution in [2.45, 2.75) is 75.5 Å². The molecule has 10 N–H and O–H groups in total. The van der Waals surface area contributed by atoms with Crippen LogP contribution in [0.2, 0.25) is 0 Å². The lowest BCUT2D eigenvalue weighted by molar-refractivity contribution is -0.144. The van der Waals surface area contributed by atoms with E-state index >= 15 is 0 Å². The summed E-state index contributed by atoms with van der Waals surface area (Å²) in [6.07, 6.45) is 0.720. The lowest BCUT2D eigenvalue weighted by Gasteiger charge is -2.28. The first-order chi connectivity index (χ1) is 16.0. The second-order valence-electron chi connectivity index (χ2n) is 8.14. The summed E-state index contributed by atoms with van der Waals surface area (Å²) in [5, 5.41) is 23.1.